The zero-order valence-electron chi connectivity index (χ0n) is 15.2. The van der Waals surface area contributed by atoms with Crippen molar-refractivity contribution in [3.05, 3.63) is 36.4 Å². The molecule has 21 heavy (non-hydrogen) atoms. The lowest BCUT2D eigenvalue weighted by Crippen LogP contribution is -2.66. The quantitative estimate of drug-likeness (QED) is 0.678. The summed E-state index contributed by atoms with van der Waals surface area (Å²) in [6.45, 7) is 24.0. The van der Waals surface area contributed by atoms with Crippen LogP contribution in [-0.2, 0) is 0 Å². The molecule has 1 aromatic rings. The van der Waals surface area contributed by atoms with E-state index in [4.69, 9.17) is 0 Å². The van der Waals surface area contributed by atoms with E-state index in [1.54, 1.807) is 5.19 Å². The van der Waals surface area contributed by atoms with Crippen LogP contribution in [0.5, 0.6) is 0 Å². The van der Waals surface area contributed by atoms with Crippen LogP contribution in [0.1, 0.15) is 5.56 Å². The lowest BCUT2D eigenvalue weighted by atomic mass is 10.2. The van der Waals surface area contributed by atoms with Gasteiger partial charge in [-0.25, -0.2) is 0 Å². The average Bonchev–Trinajstić information content (AvgIpc) is 2.33. The van der Waals surface area contributed by atoms with Crippen LogP contribution in [0, 0.1) is 0 Å². The number of hydrogen-bond donors (Lipinski definition) is 0. The van der Waals surface area contributed by atoms with Crippen LogP contribution in [0.15, 0.2) is 30.8 Å². The fourth-order valence-electron chi connectivity index (χ4n) is 3.25. The fraction of sp³-hybridized carbons (Fsp3) is 0.529. The van der Waals surface area contributed by atoms with Crippen molar-refractivity contribution in [2.75, 3.05) is 6.17 Å². The molecular weight excluding hydrogens is 302 g/mol. The summed E-state index contributed by atoms with van der Waals surface area (Å²) in [4.78, 5) is 0. The Balaban J connectivity index is 3.21. The van der Waals surface area contributed by atoms with E-state index < -0.39 is 24.5 Å². The molecule has 1 aromatic carbocycles. The lowest BCUT2D eigenvalue weighted by molar-refractivity contribution is 0.710. The van der Waals surface area contributed by atoms with E-state index in [0.29, 0.717) is 0 Å². The van der Waals surface area contributed by atoms with Crippen molar-refractivity contribution in [2.24, 2.45) is 0 Å². The van der Waals surface area contributed by atoms with Crippen LogP contribution < -0.4 is 5.19 Å². The van der Waals surface area contributed by atoms with E-state index in [2.05, 4.69) is 87.5 Å². The first-order chi connectivity index (χ1) is 9.39. The van der Waals surface area contributed by atoms with E-state index in [0.717, 1.165) is 0 Å². The van der Waals surface area contributed by atoms with Gasteiger partial charge in [-0.3, -0.25) is 0 Å². The Kier molecular flexibility index (Phi) is 5.64. The maximum absolute atomic E-state index is 4.01. The van der Waals surface area contributed by atoms with Gasteiger partial charge in [-0.1, -0.05) is 94.5 Å². The van der Waals surface area contributed by atoms with Crippen LogP contribution in [0.3, 0.4) is 0 Å². The first-order valence-electron chi connectivity index (χ1n) is 7.89. The highest BCUT2D eigenvalue weighted by Gasteiger charge is 2.39. The van der Waals surface area contributed by atoms with Crippen LogP contribution in [0.25, 0.3) is 6.08 Å². The number of nitrogens with zero attached hydrogens (tertiary/aromatic N) is 1. The van der Waals surface area contributed by atoms with Crippen molar-refractivity contribution >= 4 is 35.8 Å². The van der Waals surface area contributed by atoms with Crippen molar-refractivity contribution in [3.8, 4) is 0 Å². The van der Waals surface area contributed by atoms with Gasteiger partial charge in [0, 0.05) is 0 Å². The molecule has 0 N–H and O–H groups in total. The summed E-state index contributed by atoms with van der Waals surface area (Å²) in [5.41, 5.74) is 1.33. The first-order valence-corrected chi connectivity index (χ1v) is 18.0. The minimum absolute atomic E-state index is 1.28. The van der Waals surface area contributed by atoms with E-state index >= 15 is 0 Å². The Labute approximate surface area is 135 Å². The van der Waals surface area contributed by atoms with E-state index in [-0.39, 0.29) is 0 Å². The van der Waals surface area contributed by atoms with Gasteiger partial charge < -0.3 is 4.23 Å². The molecule has 1 nitrogen and oxygen atoms in total. The van der Waals surface area contributed by atoms with Gasteiger partial charge in [0.1, 0.15) is 16.5 Å². The van der Waals surface area contributed by atoms with Gasteiger partial charge in [0.15, 0.2) is 0 Å². The molecule has 0 radical (unpaired) electrons. The number of hydrogen-bond acceptors (Lipinski definition) is 1. The molecule has 0 bridgehead atoms. The maximum atomic E-state index is 4.01. The summed E-state index contributed by atoms with van der Waals surface area (Å²) in [7, 11) is -4.08. The maximum Gasteiger partial charge on any atom is 0.112 e. The smallest absolute Gasteiger partial charge is 0.112 e. The molecule has 0 fully saturated rings. The van der Waals surface area contributed by atoms with Crippen molar-refractivity contribution in [3.63, 3.8) is 0 Å². The molecule has 4 heteroatoms. The fourth-order valence-corrected chi connectivity index (χ4v) is 19.9. The molecule has 0 aliphatic rings. The monoisotopic (exact) mass is 335 g/mol. The third-order valence-electron chi connectivity index (χ3n) is 4.08. The van der Waals surface area contributed by atoms with Crippen LogP contribution in [0.2, 0.25) is 52.4 Å². The topological polar surface area (TPSA) is 3.24 Å². The predicted molar refractivity (Wildman–Crippen MR) is 107 cm³/mol. The summed E-state index contributed by atoms with van der Waals surface area (Å²) in [6, 6.07) is 8.85. The predicted octanol–water partition coefficient (Wildman–Crippen LogP) is 4.76. The summed E-state index contributed by atoms with van der Waals surface area (Å²) in [6.07, 6.45) is 3.31. The first kappa shape index (κ1) is 18.6. The molecule has 1 rings (SSSR count). The van der Waals surface area contributed by atoms with Gasteiger partial charge in [-0.15, -0.1) is 0 Å². The van der Waals surface area contributed by atoms with Gasteiger partial charge in [-0.2, -0.15) is 0 Å². The molecule has 0 heterocycles. The summed E-state index contributed by atoms with van der Waals surface area (Å²) < 4.78 is 2.94. The summed E-state index contributed by atoms with van der Waals surface area (Å²) >= 11 is 0. The van der Waals surface area contributed by atoms with Crippen LogP contribution >= 0.6 is 0 Å². The van der Waals surface area contributed by atoms with Crippen molar-refractivity contribution in [2.45, 2.75) is 52.4 Å². The van der Waals surface area contributed by atoms with E-state index in [9.17, 15) is 0 Å². The molecule has 0 saturated heterocycles. The minimum atomic E-state index is -1.50. The zero-order valence-corrected chi connectivity index (χ0v) is 18.2. The van der Waals surface area contributed by atoms with Crippen molar-refractivity contribution in [1.82, 2.24) is 4.23 Å². The second-order valence-electron chi connectivity index (χ2n) is 8.60. The Morgan fingerprint density at radius 1 is 0.905 bits per heavy atom. The van der Waals surface area contributed by atoms with Crippen molar-refractivity contribution in [1.29, 1.82) is 0 Å². The second-order valence-corrected chi connectivity index (χ2v) is 23.4. The lowest BCUT2D eigenvalue weighted by Gasteiger charge is -2.47. The third kappa shape index (κ3) is 4.78. The summed E-state index contributed by atoms with van der Waals surface area (Å²) in [5.74, 6) is 0. The van der Waals surface area contributed by atoms with Crippen molar-refractivity contribution < 1.29 is 0 Å². The highest BCUT2D eigenvalue weighted by molar-refractivity contribution is 6.95. The van der Waals surface area contributed by atoms with Gasteiger partial charge in [-0.05, 0) is 11.7 Å². The number of rotatable bonds is 6. The molecule has 118 valence electrons. The van der Waals surface area contributed by atoms with E-state index in [1.807, 2.05) is 6.08 Å². The minimum Gasteiger partial charge on any atom is -0.348 e. The molecule has 0 aliphatic carbocycles. The molecule has 0 unspecified atom stereocenters. The molecule has 0 aliphatic heterocycles. The zero-order chi connectivity index (χ0) is 16.5. The largest absolute Gasteiger partial charge is 0.348 e. The highest BCUT2D eigenvalue weighted by atomic mass is 28.4. The van der Waals surface area contributed by atoms with Crippen LogP contribution in [0.4, 0.5) is 0 Å². The van der Waals surface area contributed by atoms with Crippen LogP contribution in [-0.4, -0.2) is 34.9 Å². The Bertz CT molecular complexity index is 481. The highest BCUT2D eigenvalue weighted by Crippen LogP contribution is 2.23. The Morgan fingerprint density at radius 2 is 1.38 bits per heavy atom. The molecule has 0 amide bonds. The molecular formula is C17H33NSi3. The standard InChI is InChI=1S/C17H33NSi3/c1-10-16-13-11-12-14-17(16)21(8,9)15-18(19(2,3)4)20(5,6)7/h10-14H,1,15H2,2-9H3. The van der Waals surface area contributed by atoms with Gasteiger partial charge in [0.05, 0.1) is 8.07 Å². The SMILES string of the molecule is C=Cc1ccccc1[Si](C)(C)CN([Si](C)(C)C)[Si](C)(C)C. The summed E-state index contributed by atoms with van der Waals surface area (Å²) in [5, 5.41) is 1.56. The van der Waals surface area contributed by atoms with Gasteiger partial charge in [0.25, 0.3) is 0 Å². The van der Waals surface area contributed by atoms with Gasteiger partial charge in [0.2, 0.25) is 0 Å². The normalized spacial score (nSPS) is 13.6. The molecule has 0 aromatic heterocycles. The Morgan fingerprint density at radius 3 is 1.81 bits per heavy atom. The molecule has 0 saturated carbocycles. The molecule has 0 atom stereocenters. The van der Waals surface area contributed by atoms with E-state index in [1.165, 1.54) is 11.7 Å². The second kappa shape index (κ2) is 6.36. The number of benzene rings is 1. The average molecular weight is 336 g/mol. The third-order valence-corrected chi connectivity index (χ3v) is 15.3. The van der Waals surface area contributed by atoms with Gasteiger partial charge >= 0.3 is 0 Å². The Hall–Kier alpha value is -0.429. The molecule has 0 spiro atoms.